The smallest absolute Gasteiger partial charge is 0.240 e. The third kappa shape index (κ3) is 4.34. The Morgan fingerprint density at radius 3 is 2.48 bits per heavy atom. The molecule has 5 rings (SSSR count). The lowest BCUT2D eigenvalue weighted by atomic mass is 10.0. The summed E-state index contributed by atoms with van der Waals surface area (Å²) in [5.74, 6) is 0.594. The highest BCUT2D eigenvalue weighted by Crippen LogP contribution is 2.39. The minimum Gasteiger partial charge on any atom is -0.325 e. The highest BCUT2D eigenvalue weighted by Gasteiger charge is 2.38. The number of aromatic nitrogens is 3. The first-order valence-corrected chi connectivity index (χ1v) is 11.8. The summed E-state index contributed by atoms with van der Waals surface area (Å²) >= 11 is 7.52. The van der Waals surface area contributed by atoms with E-state index in [0.717, 1.165) is 22.4 Å². The van der Waals surface area contributed by atoms with Crippen molar-refractivity contribution in [3.8, 4) is 11.4 Å². The molecule has 3 aromatic carbocycles. The molecule has 2 atom stereocenters. The van der Waals surface area contributed by atoms with Crippen LogP contribution in [0.15, 0.2) is 78.0 Å². The predicted molar refractivity (Wildman–Crippen MR) is 133 cm³/mol. The average Bonchev–Trinajstić information content (AvgIpc) is 3.25. The van der Waals surface area contributed by atoms with Gasteiger partial charge in [0.15, 0.2) is 5.82 Å². The molecule has 2 N–H and O–H groups in total. The van der Waals surface area contributed by atoms with E-state index in [1.165, 1.54) is 17.3 Å². The number of halogens is 1. The number of nitrogens with one attached hydrogen (secondary N) is 2. The SMILES string of the molecule is Cc1ccc(NC(=O)C2Sc3nnc(-c4ccccc4)n3NC2c2ccc(Cl)cc2)cc1C. The van der Waals surface area contributed by atoms with Crippen molar-refractivity contribution in [1.82, 2.24) is 14.9 Å². The Bertz CT molecular complexity index is 1310. The summed E-state index contributed by atoms with van der Waals surface area (Å²) in [4.78, 5) is 13.4. The molecule has 0 saturated heterocycles. The van der Waals surface area contributed by atoms with Crippen molar-refractivity contribution in [2.75, 3.05) is 10.7 Å². The molecule has 0 spiro atoms. The van der Waals surface area contributed by atoms with Crippen LogP contribution in [0.4, 0.5) is 5.69 Å². The normalized spacial score (nSPS) is 17.2. The second-order valence-corrected chi connectivity index (χ2v) is 9.54. The van der Waals surface area contributed by atoms with Crippen molar-refractivity contribution in [3.05, 3.63) is 94.5 Å². The third-order valence-corrected chi connectivity index (χ3v) is 7.20. The van der Waals surface area contributed by atoms with E-state index >= 15 is 0 Å². The number of nitrogens with zero attached hydrogens (tertiary/aromatic N) is 3. The molecular formula is C25H22ClN5OS. The Balaban J connectivity index is 1.50. The van der Waals surface area contributed by atoms with Gasteiger partial charge < -0.3 is 10.7 Å². The summed E-state index contributed by atoms with van der Waals surface area (Å²) in [5.41, 5.74) is 8.46. The van der Waals surface area contributed by atoms with Gasteiger partial charge in [0, 0.05) is 16.3 Å². The minimum absolute atomic E-state index is 0.105. The molecule has 2 unspecified atom stereocenters. The van der Waals surface area contributed by atoms with E-state index < -0.39 is 5.25 Å². The molecule has 166 valence electrons. The summed E-state index contributed by atoms with van der Waals surface area (Å²) in [6.45, 7) is 4.08. The highest BCUT2D eigenvalue weighted by molar-refractivity contribution is 8.00. The first-order chi connectivity index (χ1) is 16.0. The van der Waals surface area contributed by atoms with E-state index in [1.807, 2.05) is 84.4 Å². The monoisotopic (exact) mass is 475 g/mol. The highest BCUT2D eigenvalue weighted by atomic mass is 35.5. The maximum Gasteiger partial charge on any atom is 0.240 e. The number of carbonyl (C=O) groups is 1. The van der Waals surface area contributed by atoms with E-state index in [1.54, 1.807) is 0 Å². The van der Waals surface area contributed by atoms with Gasteiger partial charge in [-0.3, -0.25) is 4.79 Å². The number of aryl methyl sites for hydroxylation is 2. The topological polar surface area (TPSA) is 71.8 Å². The summed E-state index contributed by atoms with van der Waals surface area (Å²) < 4.78 is 1.86. The van der Waals surface area contributed by atoms with Crippen molar-refractivity contribution in [2.24, 2.45) is 0 Å². The number of fused-ring (bicyclic) bond motifs is 1. The van der Waals surface area contributed by atoms with Gasteiger partial charge in [-0.15, -0.1) is 10.2 Å². The second kappa shape index (κ2) is 8.92. The maximum absolute atomic E-state index is 13.4. The maximum atomic E-state index is 13.4. The molecule has 0 radical (unpaired) electrons. The molecule has 1 aliphatic heterocycles. The number of amides is 1. The van der Waals surface area contributed by atoms with Crippen molar-refractivity contribution in [3.63, 3.8) is 0 Å². The fourth-order valence-corrected chi connectivity index (χ4v) is 4.99. The zero-order chi connectivity index (χ0) is 22.9. The Morgan fingerprint density at radius 2 is 1.76 bits per heavy atom. The van der Waals surface area contributed by atoms with Crippen LogP contribution in [0.25, 0.3) is 11.4 Å². The molecule has 0 bridgehead atoms. The van der Waals surface area contributed by atoms with Crippen molar-refractivity contribution >= 4 is 35.0 Å². The summed E-state index contributed by atoms with van der Waals surface area (Å²) in [7, 11) is 0. The lowest BCUT2D eigenvalue weighted by Crippen LogP contribution is -2.41. The third-order valence-electron chi connectivity index (χ3n) is 5.73. The quantitative estimate of drug-likeness (QED) is 0.401. The lowest BCUT2D eigenvalue weighted by molar-refractivity contribution is -0.116. The van der Waals surface area contributed by atoms with E-state index in [4.69, 9.17) is 11.6 Å². The van der Waals surface area contributed by atoms with Crippen molar-refractivity contribution < 1.29 is 4.79 Å². The van der Waals surface area contributed by atoms with Crippen LogP contribution in [0.1, 0.15) is 22.7 Å². The first kappa shape index (κ1) is 21.6. The van der Waals surface area contributed by atoms with Gasteiger partial charge >= 0.3 is 0 Å². The van der Waals surface area contributed by atoms with Gasteiger partial charge in [0.1, 0.15) is 5.25 Å². The van der Waals surface area contributed by atoms with Gasteiger partial charge in [-0.2, -0.15) is 0 Å². The number of rotatable bonds is 4. The summed E-state index contributed by atoms with van der Waals surface area (Å²) in [6, 6.07) is 23.0. The molecule has 0 saturated carbocycles. The van der Waals surface area contributed by atoms with Crippen LogP contribution < -0.4 is 10.7 Å². The largest absolute Gasteiger partial charge is 0.325 e. The molecule has 1 aromatic heterocycles. The van der Waals surface area contributed by atoms with Crippen LogP contribution in [0.2, 0.25) is 5.02 Å². The first-order valence-electron chi connectivity index (χ1n) is 10.6. The standard InChI is InChI=1S/C25H22ClN5OS/c1-15-8-13-20(14-16(15)2)27-24(32)22-21(17-9-11-19(26)12-10-17)30-31-23(28-29-25(31)33-22)18-6-4-3-5-7-18/h3-14,21-22,30H,1-2H3,(H,27,32). The Kier molecular flexibility index (Phi) is 5.83. The summed E-state index contributed by atoms with van der Waals surface area (Å²) in [6.07, 6.45) is 0. The Morgan fingerprint density at radius 1 is 1.00 bits per heavy atom. The minimum atomic E-state index is -0.465. The molecule has 1 aliphatic rings. The predicted octanol–water partition coefficient (Wildman–Crippen LogP) is 5.61. The van der Waals surface area contributed by atoms with E-state index in [2.05, 4.69) is 27.9 Å². The van der Waals surface area contributed by atoms with Crippen molar-refractivity contribution in [2.45, 2.75) is 30.3 Å². The molecular weight excluding hydrogens is 454 g/mol. The van der Waals surface area contributed by atoms with E-state index in [-0.39, 0.29) is 11.9 Å². The number of hydrogen-bond acceptors (Lipinski definition) is 5. The molecule has 2 heterocycles. The Labute approximate surface area is 201 Å². The fraction of sp³-hybridized carbons (Fsp3) is 0.160. The van der Waals surface area contributed by atoms with Crippen LogP contribution in [0.3, 0.4) is 0 Å². The molecule has 0 fully saturated rings. The van der Waals surface area contributed by atoms with Gasteiger partial charge in [-0.05, 0) is 54.8 Å². The van der Waals surface area contributed by atoms with Crippen LogP contribution in [0, 0.1) is 13.8 Å². The average molecular weight is 476 g/mol. The van der Waals surface area contributed by atoms with Gasteiger partial charge in [0.25, 0.3) is 0 Å². The van der Waals surface area contributed by atoms with Gasteiger partial charge in [0.2, 0.25) is 11.1 Å². The molecule has 33 heavy (non-hydrogen) atoms. The van der Waals surface area contributed by atoms with Gasteiger partial charge in [-0.25, -0.2) is 4.68 Å². The lowest BCUT2D eigenvalue weighted by Gasteiger charge is -2.33. The zero-order valence-corrected chi connectivity index (χ0v) is 19.7. The molecule has 1 amide bonds. The second-order valence-electron chi connectivity index (χ2n) is 7.99. The number of carbonyl (C=O) groups excluding carboxylic acids is 1. The molecule has 6 nitrogen and oxygen atoms in total. The number of anilines is 1. The van der Waals surface area contributed by atoms with Gasteiger partial charge in [0.05, 0.1) is 6.04 Å². The fourth-order valence-electron chi connectivity index (χ4n) is 3.78. The van der Waals surface area contributed by atoms with Crippen LogP contribution in [-0.2, 0) is 4.79 Å². The van der Waals surface area contributed by atoms with Crippen LogP contribution in [0.5, 0.6) is 0 Å². The van der Waals surface area contributed by atoms with Crippen molar-refractivity contribution in [1.29, 1.82) is 0 Å². The molecule has 4 aromatic rings. The molecule has 8 heteroatoms. The van der Waals surface area contributed by atoms with E-state index in [0.29, 0.717) is 16.0 Å². The molecule has 0 aliphatic carbocycles. The number of thioether (sulfide) groups is 1. The Hall–Kier alpha value is -3.29. The zero-order valence-electron chi connectivity index (χ0n) is 18.1. The summed E-state index contributed by atoms with van der Waals surface area (Å²) in [5, 5.41) is 12.6. The number of hydrogen-bond donors (Lipinski definition) is 2. The number of benzene rings is 3. The van der Waals surface area contributed by atoms with Gasteiger partial charge in [-0.1, -0.05) is 71.9 Å². The van der Waals surface area contributed by atoms with Crippen LogP contribution in [-0.4, -0.2) is 26.0 Å². The van der Waals surface area contributed by atoms with E-state index in [9.17, 15) is 4.79 Å². The van der Waals surface area contributed by atoms with Crippen LogP contribution >= 0.6 is 23.4 Å².